The van der Waals surface area contributed by atoms with Crippen molar-refractivity contribution in [3.63, 3.8) is 0 Å². The monoisotopic (exact) mass is 323 g/mol. The summed E-state index contributed by atoms with van der Waals surface area (Å²) in [5.74, 6) is 1.00. The van der Waals surface area contributed by atoms with Crippen LogP contribution in [0.4, 0.5) is 0 Å². The topological polar surface area (TPSA) is 21.6 Å². The average Bonchev–Trinajstić information content (AvgIpc) is 2.86. The first-order chi connectivity index (χ1) is 11.2. The van der Waals surface area contributed by atoms with Gasteiger partial charge in [0.2, 0.25) is 0 Å². The normalized spacial score (nSPS) is 20.6. The van der Waals surface area contributed by atoms with E-state index < -0.39 is 0 Å². The van der Waals surface area contributed by atoms with Crippen LogP contribution in [0.3, 0.4) is 0 Å². The van der Waals surface area contributed by atoms with Gasteiger partial charge < -0.3 is 4.74 Å². The van der Waals surface area contributed by atoms with Gasteiger partial charge in [-0.3, -0.25) is 0 Å². The van der Waals surface area contributed by atoms with Gasteiger partial charge >= 0.3 is 0 Å². The Morgan fingerprint density at radius 3 is 1.52 bits per heavy atom. The second kappa shape index (κ2) is 13.9. The standard InChI is InChI=1S/C21H41NO/c1-4-5-6-7-8-9-10-11-12-13-14-15-16-17-18-21-22-19(2)20(3)23-21/h19-20H,4-18H2,1-3H3. The third kappa shape index (κ3) is 10.8. The molecule has 0 saturated carbocycles. The minimum atomic E-state index is 0.289. The maximum absolute atomic E-state index is 5.74. The summed E-state index contributed by atoms with van der Waals surface area (Å²) in [4.78, 5) is 4.56. The quantitative estimate of drug-likeness (QED) is 0.295. The highest BCUT2D eigenvalue weighted by Gasteiger charge is 2.21. The molecule has 0 amide bonds. The minimum Gasteiger partial charge on any atom is -0.476 e. The van der Waals surface area contributed by atoms with Gasteiger partial charge in [-0.05, 0) is 20.3 Å². The number of aliphatic imine (C=N–C) groups is 1. The predicted octanol–water partition coefficient (Wildman–Crippen LogP) is 7.06. The van der Waals surface area contributed by atoms with E-state index in [-0.39, 0.29) is 6.10 Å². The SMILES string of the molecule is CCCCCCCCCCCCCCCCC1=NC(C)C(C)O1. The largest absolute Gasteiger partial charge is 0.476 e. The number of rotatable bonds is 15. The predicted molar refractivity (Wildman–Crippen MR) is 102 cm³/mol. The van der Waals surface area contributed by atoms with E-state index >= 15 is 0 Å². The molecule has 136 valence electrons. The van der Waals surface area contributed by atoms with E-state index in [0.29, 0.717) is 6.04 Å². The van der Waals surface area contributed by atoms with Crippen LogP contribution in [0.1, 0.15) is 117 Å². The Morgan fingerprint density at radius 1 is 0.696 bits per heavy atom. The molecule has 23 heavy (non-hydrogen) atoms. The van der Waals surface area contributed by atoms with Crippen LogP contribution in [-0.4, -0.2) is 18.0 Å². The molecule has 0 aromatic carbocycles. The lowest BCUT2D eigenvalue weighted by atomic mass is 10.0. The van der Waals surface area contributed by atoms with Gasteiger partial charge in [-0.25, -0.2) is 4.99 Å². The lowest BCUT2D eigenvalue weighted by molar-refractivity contribution is 0.213. The van der Waals surface area contributed by atoms with Gasteiger partial charge in [0, 0.05) is 6.42 Å². The molecule has 0 N–H and O–H groups in total. The van der Waals surface area contributed by atoms with Crippen molar-refractivity contribution in [3.8, 4) is 0 Å². The molecule has 2 unspecified atom stereocenters. The molecule has 0 fully saturated rings. The zero-order valence-electron chi connectivity index (χ0n) is 16.1. The molecule has 0 aromatic rings. The summed E-state index contributed by atoms with van der Waals surface area (Å²) in [6.07, 6.45) is 21.1. The summed E-state index contributed by atoms with van der Waals surface area (Å²) in [6, 6.07) is 0.358. The van der Waals surface area contributed by atoms with E-state index in [0.717, 1.165) is 12.3 Å². The highest BCUT2D eigenvalue weighted by molar-refractivity contribution is 5.77. The van der Waals surface area contributed by atoms with Gasteiger partial charge in [-0.2, -0.15) is 0 Å². The minimum absolute atomic E-state index is 0.289. The Labute approximate surface area is 145 Å². The van der Waals surface area contributed by atoms with Gasteiger partial charge in [0.15, 0.2) is 5.90 Å². The van der Waals surface area contributed by atoms with Gasteiger partial charge in [0.1, 0.15) is 6.10 Å². The number of hydrogen-bond donors (Lipinski definition) is 0. The van der Waals surface area contributed by atoms with E-state index in [2.05, 4.69) is 25.8 Å². The molecule has 1 aliphatic rings. The van der Waals surface area contributed by atoms with Crippen molar-refractivity contribution in [1.82, 2.24) is 0 Å². The van der Waals surface area contributed by atoms with Crippen LogP contribution >= 0.6 is 0 Å². The summed E-state index contributed by atoms with van der Waals surface area (Å²) in [6.45, 7) is 6.55. The Morgan fingerprint density at radius 2 is 1.13 bits per heavy atom. The van der Waals surface area contributed by atoms with Crippen LogP contribution < -0.4 is 0 Å². The van der Waals surface area contributed by atoms with Crippen LogP contribution in [-0.2, 0) is 4.74 Å². The first-order valence-corrected chi connectivity index (χ1v) is 10.5. The molecule has 0 spiro atoms. The van der Waals surface area contributed by atoms with Crippen molar-refractivity contribution in [2.75, 3.05) is 0 Å². The van der Waals surface area contributed by atoms with E-state index in [4.69, 9.17) is 4.74 Å². The van der Waals surface area contributed by atoms with Crippen molar-refractivity contribution < 1.29 is 4.74 Å². The van der Waals surface area contributed by atoms with E-state index in [1.54, 1.807) is 0 Å². The van der Waals surface area contributed by atoms with Crippen molar-refractivity contribution in [2.24, 2.45) is 4.99 Å². The van der Waals surface area contributed by atoms with E-state index in [1.807, 2.05) is 0 Å². The molecule has 1 aliphatic heterocycles. The molecule has 0 aromatic heterocycles. The molecule has 0 aliphatic carbocycles. The number of ether oxygens (including phenoxy) is 1. The van der Waals surface area contributed by atoms with Crippen LogP contribution in [0, 0.1) is 0 Å². The summed E-state index contributed by atoms with van der Waals surface area (Å²) in [5, 5.41) is 0. The molecule has 0 radical (unpaired) electrons. The smallest absolute Gasteiger partial charge is 0.183 e. The number of unbranched alkanes of at least 4 members (excludes halogenated alkanes) is 13. The Hall–Kier alpha value is -0.530. The fourth-order valence-electron chi connectivity index (χ4n) is 3.27. The zero-order chi connectivity index (χ0) is 16.8. The third-order valence-corrected chi connectivity index (χ3v) is 5.09. The molecule has 1 heterocycles. The van der Waals surface area contributed by atoms with Crippen LogP contribution in [0.2, 0.25) is 0 Å². The Bertz CT molecular complexity index is 300. The zero-order valence-corrected chi connectivity index (χ0v) is 16.1. The number of hydrogen-bond acceptors (Lipinski definition) is 2. The van der Waals surface area contributed by atoms with Crippen LogP contribution in [0.5, 0.6) is 0 Å². The highest BCUT2D eigenvalue weighted by atomic mass is 16.5. The fraction of sp³-hybridized carbons (Fsp3) is 0.952. The summed E-state index contributed by atoms with van der Waals surface area (Å²) >= 11 is 0. The Balaban J connectivity index is 1.74. The van der Waals surface area contributed by atoms with Gasteiger partial charge in [-0.15, -0.1) is 0 Å². The van der Waals surface area contributed by atoms with Crippen molar-refractivity contribution in [1.29, 1.82) is 0 Å². The van der Waals surface area contributed by atoms with Gasteiger partial charge in [0.25, 0.3) is 0 Å². The van der Waals surface area contributed by atoms with Crippen LogP contribution in [0.15, 0.2) is 4.99 Å². The second-order valence-corrected chi connectivity index (χ2v) is 7.43. The van der Waals surface area contributed by atoms with Crippen molar-refractivity contribution in [3.05, 3.63) is 0 Å². The molecule has 2 nitrogen and oxygen atoms in total. The van der Waals surface area contributed by atoms with Crippen molar-refractivity contribution >= 4 is 5.90 Å². The highest BCUT2D eigenvalue weighted by Crippen LogP contribution is 2.17. The van der Waals surface area contributed by atoms with E-state index in [1.165, 1.54) is 89.9 Å². The fourth-order valence-corrected chi connectivity index (χ4v) is 3.27. The van der Waals surface area contributed by atoms with Gasteiger partial charge in [0.05, 0.1) is 6.04 Å². The molecule has 0 bridgehead atoms. The summed E-state index contributed by atoms with van der Waals surface area (Å²) in [7, 11) is 0. The molecule has 2 atom stereocenters. The third-order valence-electron chi connectivity index (χ3n) is 5.09. The average molecular weight is 324 g/mol. The summed E-state index contributed by atoms with van der Waals surface area (Å²) in [5.41, 5.74) is 0. The van der Waals surface area contributed by atoms with Gasteiger partial charge in [-0.1, -0.05) is 90.4 Å². The molecule has 1 rings (SSSR count). The molecular formula is C21H41NO. The maximum atomic E-state index is 5.74. The lowest BCUT2D eigenvalue weighted by Crippen LogP contribution is -2.14. The van der Waals surface area contributed by atoms with Crippen LogP contribution in [0.25, 0.3) is 0 Å². The van der Waals surface area contributed by atoms with Crippen molar-refractivity contribution in [2.45, 2.75) is 129 Å². The second-order valence-electron chi connectivity index (χ2n) is 7.43. The number of nitrogens with zero attached hydrogens (tertiary/aromatic N) is 1. The molecule has 2 heteroatoms. The maximum Gasteiger partial charge on any atom is 0.183 e. The molecule has 0 saturated heterocycles. The lowest BCUT2D eigenvalue weighted by Gasteiger charge is -2.07. The first kappa shape index (κ1) is 20.5. The summed E-state index contributed by atoms with van der Waals surface area (Å²) < 4.78 is 5.74. The first-order valence-electron chi connectivity index (χ1n) is 10.5. The van der Waals surface area contributed by atoms with E-state index in [9.17, 15) is 0 Å². The molecular weight excluding hydrogens is 282 g/mol. The Kier molecular flexibility index (Phi) is 12.4.